The zero-order valence-corrected chi connectivity index (χ0v) is 17.4. The van der Waals surface area contributed by atoms with Crippen LogP contribution in [0.2, 0.25) is 5.02 Å². The van der Waals surface area contributed by atoms with Crippen LogP contribution in [0.4, 0.5) is 13.2 Å². The van der Waals surface area contributed by atoms with Crippen LogP contribution in [-0.4, -0.2) is 52.7 Å². The van der Waals surface area contributed by atoms with Gasteiger partial charge in [0.1, 0.15) is 5.02 Å². The molecule has 1 saturated heterocycles. The molecule has 0 atom stereocenters. The average Bonchev–Trinajstić information content (AvgIpc) is 3.40. The van der Waals surface area contributed by atoms with Crippen molar-refractivity contribution in [2.75, 3.05) is 27.3 Å². The summed E-state index contributed by atoms with van der Waals surface area (Å²) >= 11 is 6.31. The van der Waals surface area contributed by atoms with Crippen LogP contribution in [-0.2, 0) is 6.18 Å². The van der Waals surface area contributed by atoms with Crippen molar-refractivity contribution in [3.8, 4) is 22.8 Å². The molecule has 0 N–H and O–H groups in total. The topological polar surface area (TPSA) is 69.0 Å². The van der Waals surface area contributed by atoms with E-state index < -0.39 is 17.8 Å². The standard InChI is InChI=1S/C20H18ClF3N4O3/c1-30-13-6-5-11(9-14(13)31-2)12-10-15(20(22,23)24)28-18(25-12)16(21)17(26-28)19(29)27-7-3-4-8-27/h5-6,9-10H,3-4,7-8H2,1-2H3. The van der Waals surface area contributed by atoms with E-state index in [9.17, 15) is 18.0 Å². The lowest BCUT2D eigenvalue weighted by molar-refractivity contribution is -0.142. The van der Waals surface area contributed by atoms with Crippen molar-refractivity contribution in [2.45, 2.75) is 19.0 Å². The molecule has 0 saturated carbocycles. The van der Waals surface area contributed by atoms with Gasteiger partial charge in [0, 0.05) is 18.7 Å². The Morgan fingerprint density at radius 1 is 1.10 bits per heavy atom. The van der Waals surface area contributed by atoms with Crippen molar-refractivity contribution >= 4 is 23.2 Å². The number of aromatic nitrogens is 3. The molecule has 0 radical (unpaired) electrons. The van der Waals surface area contributed by atoms with E-state index in [1.54, 1.807) is 12.1 Å². The normalized spacial score (nSPS) is 14.3. The number of amides is 1. The van der Waals surface area contributed by atoms with Gasteiger partial charge in [0.2, 0.25) is 0 Å². The van der Waals surface area contributed by atoms with Gasteiger partial charge in [-0.2, -0.15) is 18.3 Å². The number of benzene rings is 1. The molecule has 3 aromatic rings. The Bertz CT molecular complexity index is 1160. The van der Waals surface area contributed by atoms with Gasteiger partial charge >= 0.3 is 6.18 Å². The highest BCUT2D eigenvalue weighted by Gasteiger charge is 2.37. The Kier molecular flexibility index (Phi) is 5.42. The summed E-state index contributed by atoms with van der Waals surface area (Å²) in [7, 11) is 2.87. The highest BCUT2D eigenvalue weighted by molar-refractivity contribution is 6.36. The van der Waals surface area contributed by atoms with Gasteiger partial charge in [0.25, 0.3) is 5.91 Å². The highest BCUT2D eigenvalue weighted by Crippen LogP contribution is 2.37. The van der Waals surface area contributed by atoms with Gasteiger partial charge in [-0.05, 0) is 37.1 Å². The molecule has 1 amide bonds. The summed E-state index contributed by atoms with van der Waals surface area (Å²) in [5.41, 5.74) is -1.22. The highest BCUT2D eigenvalue weighted by atomic mass is 35.5. The van der Waals surface area contributed by atoms with Crippen LogP contribution in [0.3, 0.4) is 0 Å². The monoisotopic (exact) mass is 454 g/mol. The third-order valence-electron chi connectivity index (χ3n) is 5.10. The quantitative estimate of drug-likeness (QED) is 0.587. The predicted molar refractivity (Wildman–Crippen MR) is 107 cm³/mol. The van der Waals surface area contributed by atoms with Crippen LogP contribution >= 0.6 is 11.6 Å². The van der Waals surface area contributed by atoms with Crippen molar-refractivity contribution in [3.05, 3.63) is 40.7 Å². The van der Waals surface area contributed by atoms with Gasteiger partial charge < -0.3 is 14.4 Å². The number of fused-ring (bicyclic) bond motifs is 1. The maximum atomic E-state index is 13.8. The van der Waals surface area contributed by atoms with Gasteiger partial charge in [0.05, 0.1) is 19.9 Å². The fraction of sp³-hybridized carbons (Fsp3) is 0.350. The zero-order chi connectivity index (χ0) is 22.3. The van der Waals surface area contributed by atoms with Crippen LogP contribution in [0.5, 0.6) is 11.5 Å². The molecule has 31 heavy (non-hydrogen) atoms. The molecule has 1 aliphatic heterocycles. The summed E-state index contributed by atoms with van der Waals surface area (Å²) < 4.78 is 52.5. The molecule has 0 bridgehead atoms. The van der Waals surface area contributed by atoms with Gasteiger partial charge in [-0.15, -0.1) is 0 Å². The number of hydrogen-bond donors (Lipinski definition) is 0. The minimum Gasteiger partial charge on any atom is -0.493 e. The maximum Gasteiger partial charge on any atom is 0.433 e. The number of carbonyl (C=O) groups excluding carboxylic acids is 1. The average molecular weight is 455 g/mol. The predicted octanol–water partition coefficient (Wildman–Crippen LogP) is 4.32. The zero-order valence-electron chi connectivity index (χ0n) is 16.7. The molecule has 0 unspecified atom stereocenters. The van der Waals surface area contributed by atoms with E-state index in [-0.39, 0.29) is 22.1 Å². The van der Waals surface area contributed by atoms with Crippen molar-refractivity contribution in [3.63, 3.8) is 0 Å². The van der Waals surface area contributed by atoms with Gasteiger partial charge in [-0.1, -0.05) is 11.6 Å². The minimum absolute atomic E-state index is 0.00255. The van der Waals surface area contributed by atoms with Crippen LogP contribution < -0.4 is 9.47 Å². The largest absolute Gasteiger partial charge is 0.493 e. The first kappa shape index (κ1) is 21.2. The summed E-state index contributed by atoms with van der Waals surface area (Å²) in [6.07, 6.45) is -3.10. The van der Waals surface area contributed by atoms with E-state index >= 15 is 0 Å². The Labute approximate surface area is 180 Å². The number of likely N-dealkylation sites (tertiary alicyclic amines) is 1. The van der Waals surface area contributed by atoms with Crippen LogP contribution in [0, 0.1) is 0 Å². The summed E-state index contributed by atoms with van der Waals surface area (Å²) in [6, 6.07) is 5.49. The van der Waals surface area contributed by atoms with Crippen molar-refractivity contribution in [2.24, 2.45) is 0 Å². The third-order valence-corrected chi connectivity index (χ3v) is 5.45. The molecule has 3 heterocycles. The summed E-state index contributed by atoms with van der Waals surface area (Å²) in [5.74, 6) is 0.248. The van der Waals surface area contributed by atoms with Crippen LogP contribution in [0.25, 0.3) is 16.9 Å². The molecule has 0 spiro atoms. The fourth-order valence-corrected chi connectivity index (χ4v) is 3.78. The number of hydrogen-bond acceptors (Lipinski definition) is 5. The van der Waals surface area contributed by atoms with Gasteiger partial charge in [-0.3, -0.25) is 4.79 Å². The molecule has 11 heteroatoms. The summed E-state index contributed by atoms with van der Waals surface area (Å²) in [5, 5.41) is 3.67. The second-order valence-electron chi connectivity index (χ2n) is 6.99. The summed E-state index contributed by atoms with van der Waals surface area (Å²) in [6.45, 7) is 1.03. The Morgan fingerprint density at radius 3 is 2.39 bits per heavy atom. The smallest absolute Gasteiger partial charge is 0.433 e. The second-order valence-corrected chi connectivity index (χ2v) is 7.37. The number of alkyl halides is 3. The molecular weight excluding hydrogens is 437 g/mol. The van der Waals surface area contributed by atoms with E-state index in [0.717, 1.165) is 18.9 Å². The molecular formula is C20H18ClF3N4O3. The first-order valence-electron chi connectivity index (χ1n) is 9.42. The van der Waals surface area contributed by atoms with Gasteiger partial charge in [-0.25, -0.2) is 9.50 Å². The van der Waals surface area contributed by atoms with Gasteiger partial charge in [0.15, 0.2) is 28.5 Å². The lowest BCUT2D eigenvalue weighted by Gasteiger charge is -2.13. The van der Waals surface area contributed by atoms with E-state index in [4.69, 9.17) is 21.1 Å². The molecule has 2 aromatic heterocycles. The molecule has 4 rings (SSSR count). The van der Waals surface area contributed by atoms with Crippen molar-refractivity contribution in [1.29, 1.82) is 0 Å². The number of methoxy groups -OCH3 is 2. The number of nitrogens with zero attached hydrogens (tertiary/aromatic N) is 4. The SMILES string of the molecule is COc1ccc(-c2cc(C(F)(F)F)n3nc(C(=O)N4CCCC4)c(Cl)c3n2)cc1OC. The summed E-state index contributed by atoms with van der Waals surface area (Å²) in [4.78, 5) is 18.5. The second kappa shape index (κ2) is 7.92. The Hall–Kier alpha value is -3.01. The van der Waals surface area contributed by atoms with Crippen LogP contribution in [0.1, 0.15) is 29.0 Å². The van der Waals surface area contributed by atoms with E-state index in [2.05, 4.69) is 10.1 Å². The van der Waals surface area contributed by atoms with Crippen molar-refractivity contribution < 1.29 is 27.4 Å². The molecule has 1 aliphatic rings. The fourth-order valence-electron chi connectivity index (χ4n) is 3.54. The van der Waals surface area contributed by atoms with Crippen molar-refractivity contribution in [1.82, 2.24) is 19.5 Å². The molecule has 0 aliphatic carbocycles. The van der Waals surface area contributed by atoms with E-state index in [1.165, 1.54) is 25.2 Å². The molecule has 1 fully saturated rings. The van der Waals surface area contributed by atoms with E-state index in [1.807, 2.05) is 0 Å². The molecule has 164 valence electrons. The lowest BCUT2D eigenvalue weighted by Crippen LogP contribution is -2.28. The Morgan fingerprint density at radius 2 is 1.77 bits per heavy atom. The number of carbonyl (C=O) groups is 1. The Balaban J connectivity index is 1.91. The number of ether oxygens (including phenoxy) is 2. The maximum absolute atomic E-state index is 13.8. The first-order valence-corrected chi connectivity index (χ1v) is 9.80. The first-order chi connectivity index (χ1) is 14.7. The van der Waals surface area contributed by atoms with Crippen LogP contribution in [0.15, 0.2) is 24.3 Å². The minimum atomic E-state index is -4.75. The third kappa shape index (κ3) is 3.76. The van der Waals surface area contributed by atoms with E-state index in [0.29, 0.717) is 34.7 Å². The number of halogens is 4. The molecule has 7 nitrogen and oxygen atoms in total. The number of rotatable bonds is 4. The molecule has 1 aromatic carbocycles. The lowest BCUT2D eigenvalue weighted by atomic mass is 10.1.